The lowest BCUT2D eigenvalue weighted by Crippen LogP contribution is -2.48. The number of ether oxygens (including phenoxy) is 1. The molecule has 0 aliphatic carbocycles. The molecule has 1 rings (SSSR count). The average Bonchev–Trinajstić information content (AvgIpc) is 3.00. The van der Waals surface area contributed by atoms with Gasteiger partial charge in [-0.25, -0.2) is 4.79 Å². The Kier molecular flexibility index (Phi) is 21.2. The van der Waals surface area contributed by atoms with Gasteiger partial charge >= 0.3 is 5.97 Å². The monoisotopic (exact) mass is 622 g/mol. The van der Waals surface area contributed by atoms with Gasteiger partial charge < -0.3 is 25.6 Å². The summed E-state index contributed by atoms with van der Waals surface area (Å²) in [4.78, 5) is 37.3. The molecule has 0 bridgehead atoms. The van der Waals surface area contributed by atoms with Crippen molar-refractivity contribution in [2.75, 3.05) is 11.9 Å². The SMILES string of the molecule is CC/C=C\C/C=C\C/C=C\C/C=C\C/C=C\CCCCOC(CC)C(=O)N[C@@H](CC(C)C)C(=O)Nc1ccc(O)c(C(=O)O)c1. The topological polar surface area (TPSA) is 125 Å². The minimum Gasteiger partial charge on any atom is -0.507 e. The van der Waals surface area contributed by atoms with Gasteiger partial charge in [-0.3, -0.25) is 9.59 Å². The molecule has 0 fully saturated rings. The van der Waals surface area contributed by atoms with Crippen LogP contribution in [-0.2, 0) is 14.3 Å². The smallest absolute Gasteiger partial charge is 0.339 e. The molecule has 0 heterocycles. The fraction of sp³-hybridized carbons (Fsp3) is 0.486. The van der Waals surface area contributed by atoms with Gasteiger partial charge in [-0.2, -0.15) is 0 Å². The number of hydrogen-bond acceptors (Lipinski definition) is 5. The molecule has 1 unspecified atom stereocenters. The van der Waals surface area contributed by atoms with E-state index in [-0.39, 0.29) is 23.1 Å². The highest BCUT2D eigenvalue weighted by atomic mass is 16.5. The van der Waals surface area contributed by atoms with Gasteiger partial charge in [0.2, 0.25) is 11.8 Å². The van der Waals surface area contributed by atoms with E-state index in [9.17, 15) is 24.6 Å². The van der Waals surface area contributed by atoms with Crippen molar-refractivity contribution in [1.29, 1.82) is 0 Å². The number of hydrogen-bond donors (Lipinski definition) is 4. The molecule has 2 atom stereocenters. The van der Waals surface area contributed by atoms with Gasteiger partial charge in [-0.15, -0.1) is 0 Å². The number of carboxylic acids is 1. The van der Waals surface area contributed by atoms with Crippen LogP contribution in [0.2, 0.25) is 0 Å². The van der Waals surface area contributed by atoms with Crippen molar-refractivity contribution in [3.8, 4) is 5.75 Å². The maximum atomic E-state index is 13.0. The molecular weight excluding hydrogens is 568 g/mol. The number of anilines is 1. The highest BCUT2D eigenvalue weighted by molar-refractivity contribution is 5.99. The molecule has 0 aliphatic rings. The zero-order valence-electron chi connectivity index (χ0n) is 27.5. The second-order valence-electron chi connectivity index (χ2n) is 11.2. The zero-order valence-corrected chi connectivity index (χ0v) is 27.5. The standard InChI is InChI=1S/C37H54N2O6/c1-5-7-8-9-10-11-12-13-14-15-16-17-18-19-20-21-22-23-26-45-34(6-2)36(42)39-32(27-29(3)4)35(41)38-30-24-25-33(40)31(28-30)37(43)44/h7-8,10-11,13-14,16-17,19-20,24-25,28-29,32,34,40H,5-6,9,12,15,18,21-23,26-27H2,1-4H3,(H,38,41)(H,39,42)(H,43,44)/b8-7-,11-10-,14-13-,17-16-,20-19-/t32-,34?/m0/s1. The first-order valence-electron chi connectivity index (χ1n) is 16.2. The van der Waals surface area contributed by atoms with Crippen molar-refractivity contribution in [2.24, 2.45) is 5.92 Å². The third-order valence-corrected chi connectivity index (χ3v) is 6.74. The molecule has 0 radical (unpaired) electrons. The van der Waals surface area contributed by atoms with Crippen molar-refractivity contribution < 1.29 is 29.3 Å². The van der Waals surface area contributed by atoms with E-state index in [4.69, 9.17) is 4.74 Å². The second kappa shape index (κ2) is 24.4. The molecule has 2 amide bonds. The summed E-state index contributed by atoms with van der Waals surface area (Å²) >= 11 is 0. The molecule has 0 saturated carbocycles. The number of carboxylic acid groups (broad SMARTS) is 1. The first-order valence-corrected chi connectivity index (χ1v) is 16.2. The predicted molar refractivity (Wildman–Crippen MR) is 183 cm³/mol. The van der Waals surface area contributed by atoms with Gasteiger partial charge in [-0.05, 0) is 88.3 Å². The Morgan fingerprint density at radius 1 is 0.822 bits per heavy atom. The van der Waals surface area contributed by atoms with Gasteiger partial charge in [0.25, 0.3) is 0 Å². The Hall–Kier alpha value is -3.91. The molecule has 0 saturated heterocycles. The van der Waals surface area contributed by atoms with Gasteiger partial charge in [-0.1, -0.05) is 88.5 Å². The number of aromatic hydroxyl groups is 1. The van der Waals surface area contributed by atoms with E-state index in [1.54, 1.807) is 0 Å². The number of allylic oxidation sites excluding steroid dienone is 10. The number of nitrogens with one attached hydrogen (secondary N) is 2. The van der Waals surface area contributed by atoms with E-state index >= 15 is 0 Å². The number of rotatable bonds is 23. The highest BCUT2D eigenvalue weighted by Crippen LogP contribution is 2.22. The molecule has 248 valence electrons. The summed E-state index contributed by atoms with van der Waals surface area (Å²) in [6.45, 7) is 8.34. The predicted octanol–water partition coefficient (Wildman–Crippen LogP) is 8.28. The Morgan fingerprint density at radius 3 is 1.93 bits per heavy atom. The van der Waals surface area contributed by atoms with Crippen LogP contribution in [0.5, 0.6) is 5.75 Å². The summed E-state index contributed by atoms with van der Waals surface area (Å²) in [6.07, 6.45) is 29.6. The van der Waals surface area contributed by atoms with Crippen LogP contribution in [0.25, 0.3) is 0 Å². The third-order valence-electron chi connectivity index (χ3n) is 6.74. The van der Waals surface area contributed by atoms with Crippen molar-refractivity contribution in [1.82, 2.24) is 5.32 Å². The van der Waals surface area contributed by atoms with Crippen LogP contribution in [-0.4, -0.2) is 46.7 Å². The lowest BCUT2D eigenvalue weighted by Gasteiger charge is -2.23. The summed E-state index contributed by atoms with van der Waals surface area (Å²) in [5.74, 6) is -2.41. The lowest BCUT2D eigenvalue weighted by molar-refractivity contribution is -0.136. The zero-order chi connectivity index (χ0) is 33.3. The fourth-order valence-corrected chi connectivity index (χ4v) is 4.32. The van der Waals surface area contributed by atoms with Gasteiger partial charge in [0, 0.05) is 12.3 Å². The molecule has 8 nitrogen and oxygen atoms in total. The Labute approximate surface area is 270 Å². The maximum absolute atomic E-state index is 13.0. The fourth-order valence-electron chi connectivity index (χ4n) is 4.32. The molecule has 4 N–H and O–H groups in total. The van der Waals surface area contributed by atoms with Crippen LogP contribution >= 0.6 is 0 Å². The normalized spacial score (nSPS) is 13.5. The highest BCUT2D eigenvalue weighted by Gasteiger charge is 2.26. The van der Waals surface area contributed by atoms with Crippen molar-refractivity contribution >= 4 is 23.5 Å². The summed E-state index contributed by atoms with van der Waals surface area (Å²) in [7, 11) is 0. The number of unbranched alkanes of at least 4 members (excludes halogenated alkanes) is 2. The van der Waals surface area contributed by atoms with Crippen molar-refractivity contribution in [2.45, 2.75) is 104 Å². The van der Waals surface area contributed by atoms with Crippen molar-refractivity contribution in [3.05, 3.63) is 84.5 Å². The van der Waals surface area contributed by atoms with E-state index in [0.29, 0.717) is 19.4 Å². The molecule has 0 aliphatic heterocycles. The summed E-state index contributed by atoms with van der Waals surface area (Å²) < 4.78 is 5.86. The van der Waals surface area contributed by atoms with Crippen LogP contribution in [0.1, 0.15) is 102 Å². The van der Waals surface area contributed by atoms with E-state index in [1.807, 2.05) is 20.8 Å². The quantitative estimate of drug-likeness (QED) is 0.0553. The van der Waals surface area contributed by atoms with Crippen LogP contribution in [0.3, 0.4) is 0 Å². The average molecular weight is 623 g/mol. The van der Waals surface area contributed by atoms with Crippen LogP contribution in [0, 0.1) is 5.92 Å². The molecular formula is C37H54N2O6. The summed E-state index contributed by atoms with van der Waals surface area (Å²) in [6, 6.07) is 2.97. The van der Waals surface area contributed by atoms with Crippen LogP contribution < -0.4 is 10.6 Å². The lowest BCUT2D eigenvalue weighted by atomic mass is 10.0. The molecule has 1 aromatic rings. The third kappa shape index (κ3) is 18.5. The van der Waals surface area contributed by atoms with E-state index in [0.717, 1.165) is 51.4 Å². The first kappa shape index (κ1) is 39.1. The molecule has 1 aromatic carbocycles. The van der Waals surface area contributed by atoms with Crippen LogP contribution in [0.4, 0.5) is 5.69 Å². The number of aromatic carboxylic acids is 1. The minimum atomic E-state index is -1.31. The number of carbonyl (C=O) groups is 3. The first-order chi connectivity index (χ1) is 21.7. The molecule has 8 heteroatoms. The van der Waals surface area contributed by atoms with Gasteiger partial charge in [0.1, 0.15) is 23.5 Å². The van der Waals surface area contributed by atoms with E-state index < -0.39 is 29.8 Å². The summed E-state index contributed by atoms with van der Waals surface area (Å²) in [5.41, 5.74) is -0.105. The Bertz CT molecular complexity index is 1170. The van der Waals surface area contributed by atoms with Crippen LogP contribution in [0.15, 0.2) is 79.0 Å². The molecule has 0 aromatic heterocycles. The van der Waals surface area contributed by atoms with Gasteiger partial charge in [0.05, 0.1) is 0 Å². The van der Waals surface area contributed by atoms with Gasteiger partial charge in [0.15, 0.2) is 0 Å². The summed E-state index contributed by atoms with van der Waals surface area (Å²) in [5, 5.41) is 24.4. The van der Waals surface area contributed by atoms with E-state index in [1.165, 1.54) is 18.2 Å². The Balaban J connectivity index is 2.37. The number of phenols is 1. The molecule has 0 spiro atoms. The number of amides is 2. The molecule has 45 heavy (non-hydrogen) atoms. The van der Waals surface area contributed by atoms with Crippen molar-refractivity contribution in [3.63, 3.8) is 0 Å². The van der Waals surface area contributed by atoms with E-state index in [2.05, 4.69) is 78.3 Å². The maximum Gasteiger partial charge on any atom is 0.339 e. The number of benzene rings is 1. The Morgan fingerprint density at radius 2 is 1.40 bits per heavy atom. The minimum absolute atomic E-state index is 0.118. The number of carbonyl (C=O) groups excluding carboxylic acids is 2. The second-order valence-corrected chi connectivity index (χ2v) is 11.2. The largest absolute Gasteiger partial charge is 0.507 e.